The minimum Gasteiger partial charge on any atom is -0.475 e. The van der Waals surface area contributed by atoms with Crippen molar-refractivity contribution >= 4 is 11.9 Å². The summed E-state index contributed by atoms with van der Waals surface area (Å²) in [4.78, 5) is 23.0. The van der Waals surface area contributed by atoms with Gasteiger partial charge in [-0.2, -0.15) is 31.4 Å². The number of aryl methyl sites for hydroxylation is 2. The highest BCUT2D eigenvalue weighted by atomic mass is 19.4. The van der Waals surface area contributed by atoms with Crippen molar-refractivity contribution in [2.75, 3.05) is 26.2 Å². The summed E-state index contributed by atoms with van der Waals surface area (Å²) in [5, 5.41) is 18.5. The molecule has 37 heavy (non-hydrogen) atoms. The van der Waals surface area contributed by atoms with E-state index < -0.39 is 24.3 Å². The minimum atomic E-state index is -5.08. The molecule has 2 aliphatic heterocycles. The third-order valence-corrected chi connectivity index (χ3v) is 5.79. The van der Waals surface area contributed by atoms with Crippen molar-refractivity contribution in [2.24, 2.45) is 18.9 Å². The zero-order chi connectivity index (χ0) is 28.0. The molecule has 2 saturated heterocycles. The first-order valence-electron chi connectivity index (χ1n) is 11.1. The van der Waals surface area contributed by atoms with Gasteiger partial charge in [-0.1, -0.05) is 0 Å². The van der Waals surface area contributed by atoms with E-state index in [1.165, 1.54) is 38.2 Å². The topological polar surface area (TPSA) is 112 Å². The number of aliphatic carboxylic acids is 2. The third kappa shape index (κ3) is 10.1. The number of halogens is 6. The van der Waals surface area contributed by atoms with Gasteiger partial charge in [0.2, 0.25) is 0 Å². The fraction of sp³-hybridized carbons (Fsp3) is 0.591. The van der Waals surface area contributed by atoms with Gasteiger partial charge in [-0.15, -0.1) is 0 Å². The molecule has 0 amide bonds. The molecule has 2 atom stereocenters. The lowest BCUT2D eigenvalue weighted by atomic mass is 9.88. The zero-order valence-electron chi connectivity index (χ0n) is 20.1. The van der Waals surface area contributed by atoms with E-state index in [1.807, 2.05) is 24.9 Å². The highest BCUT2D eigenvalue weighted by molar-refractivity contribution is 5.73. The maximum absolute atomic E-state index is 10.6. The summed E-state index contributed by atoms with van der Waals surface area (Å²) in [5.41, 5.74) is 1.33. The van der Waals surface area contributed by atoms with E-state index >= 15 is 0 Å². The molecule has 0 aromatic carbocycles. The number of furan rings is 1. The lowest BCUT2D eigenvalue weighted by Gasteiger charge is -2.34. The van der Waals surface area contributed by atoms with E-state index in [2.05, 4.69) is 33.2 Å². The molecule has 9 nitrogen and oxygen atoms in total. The molecule has 0 radical (unpaired) electrons. The molecule has 0 spiro atoms. The second-order valence-electron chi connectivity index (χ2n) is 8.88. The predicted octanol–water partition coefficient (Wildman–Crippen LogP) is 3.54. The Hall–Kier alpha value is -3.07. The number of alkyl halides is 6. The average Bonchev–Trinajstić information content (AvgIpc) is 3.47. The number of rotatable bonds is 4. The Morgan fingerprint density at radius 3 is 1.97 bits per heavy atom. The van der Waals surface area contributed by atoms with Crippen LogP contribution in [0, 0.1) is 18.8 Å². The molecule has 2 N–H and O–H groups in total. The number of carboxylic acids is 2. The van der Waals surface area contributed by atoms with Crippen molar-refractivity contribution in [3.05, 3.63) is 41.6 Å². The van der Waals surface area contributed by atoms with E-state index in [0.717, 1.165) is 36.4 Å². The number of nitrogens with zero attached hydrogens (tertiary/aromatic N) is 4. The Balaban J connectivity index is 0.000000286. The molecule has 2 aromatic heterocycles. The van der Waals surface area contributed by atoms with Crippen LogP contribution in [-0.2, 0) is 29.7 Å². The summed E-state index contributed by atoms with van der Waals surface area (Å²) in [7, 11) is 1.99. The quantitative estimate of drug-likeness (QED) is 0.565. The Morgan fingerprint density at radius 2 is 1.51 bits per heavy atom. The SMILES string of the molecule is Cc1ccc(CN2C[C@H]3CCN(Cc4cnn(C)c4)C[C@H]3C2)o1.O=C(O)C(F)(F)F.O=C(O)C(F)(F)F. The van der Waals surface area contributed by atoms with Crippen molar-refractivity contribution in [3.63, 3.8) is 0 Å². The number of piperidine rings is 1. The number of hydrogen-bond acceptors (Lipinski definition) is 6. The standard InChI is InChI=1S/C18H26N4O.2C2HF3O2/c1-14-3-4-18(23-14)13-22-10-16-5-6-21(11-17(16)12-22)9-15-7-19-20(2)8-15;2*3-2(4,5)1(6)7/h3-4,7-8,16-17H,5-6,9-13H2,1-2H3;2*(H,6,7)/t16-,17+;;/m1../s1. The second-order valence-corrected chi connectivity index (χ2v) is 8.88. The van der Waals surface area contributed by atoms with Crippen LogP contribution in [0.15, 0.2) is 28.9 Å². The summed E-state index contributed by atoms with van der Waals surface area (Å²) < 4.78 is 71.1. The fourth-order valence-electron chi connectivity index (χ4n) is 4.22. The zero-order valence-corrected chi connectivity index (χ0v) is 20.1. The maximum atomic E-state index is 10.6. The molecule has 0 bridgehead atoms. The first kappa shape index (κ1) is 30.2. The predicted molar refractivity (Wildman–Crippen MR) is 116 cm³/mol. The largest absolute Gasteiger partial charge is 0.490 e. The minimum absolute atomic E-state index is 0.802. The summed E-state index contributed by atoms with van der Waals surface area (Å²) in [6.45, 7) is 8.87. The second kappa shape index (κ2) is 12.4. The lowest BCUT2D eigenvalue weighted by molar-refractivity contribution is -0.193. The van der Waals surface area contributed by atoms with Crippen LogP contribution in [0.1, 0.15) is 23.5 Å². The number of hydrogen-bond donors (Lipinski definition) is 2. The highest BCUT2D eigenvalue weighted by Crippen LogP contribution is 2.32. The average molecular weight is 542 g/mol. The van der Waals surface area contributed by atoms with Crippen molar-refractivity contribution < 1.29 is 50.6 Å². The Labute approximate surface area is 208 Å². The molecule has 4 heterocycles. The Bertz CT molecular complexity index is 971. The monoisotopic (exact) mass is 542 g/mol. The molecule has 0 saturated carbocycles. The van der Waals surface area contributed by atoms with Gasteiger partial charge >= 0.3 is 24.3 Å². The smallest absolute Gasteiger partial charge is 0.475 e. The molecule has 2 aromatic rings. The number of fused-ring (bicyclic) bond motifs is 1. The molecule has 0 aliphatic carbocycles. The van der Waals surface area contributed by atoms with Crippen molar-refractivity contribution in [1.29, 1.82) is 0 Å². The van der Waals surface area contributed by atoms with Crippen molar-refractivity contribution in [3.8, 4) is 0 Å². The summed E-state index contributed by atoms with van der Waals surface area (Å²) >= 11 is 0. The number of aromatic nitrogens is 2. The fourth-order valence-corrected chi connectivity index (χ4v) is 4.22. The van der Waals surface area contributed by atoms with Gasteiger partial charge < -0.3 is 14.6 Å². The maximum Gasteiger partial charge on any atom is 0.490 e. The Kier molecular flexibility index (Phi) is 10.1. The van der Waals surface area contributed by atoms with Crippen LogP contribution < -0.4 is 0 Å². The van der Waals surface area contributed by atoms with Crippen LogP contribution in [-0.4, -0.2) is 80.3 Å². The van der Waals surface area contributed by atoms with E-state index in [9.17, 15) is 26.3 Å². The molecule has 0 unspecified atom stereocenters. The van der Waals surface area contributed by atoms with Gasteiger partial charge in [0.25, 0.3) is 0 Å². The molecule has 208 valence electrons. The number of likely N-dealkylation sites (tertiary alicyclic amines) is 2. The summed E-state index contributed by atoms with van der Waals surface area (Å²) in [6, 6.07) is 4.18. The van der Waals surface area contributed by atoms with Gasteiger partial charge in [-0.05, 0) is 43.9 Å². The van der Waals surface area contributed by atoms with Crippen molar-refractivity contribution in [1.82, 2.24) is 19.6 Å². The number of carbonyl (C=O) groups is 2. The third-order valence-electron chi connectivity index (χ3n) is 5.79. The van der Waals surface area contributed by atoms with Gasteiger partial charge in [0.1, 0.15) is 11.5 Å². The molecule has 2 aliphatic rings. The summed E-state index contributed by atoms with van der Waals surface area (Å²) in [6.07, 6.45) is -4.73. The lowest BCUT2D eigenvalue weighted by Crippen LogP contribution is -2.39. The van der Waals surface area contributed by atoms with Crippen LogP contribution in [0.25, 0.3) is 0 Å². The van der Waals surface area contributed by atoms with E-state index in [1.54, 1.807) is 0 Å². The molecule has 2 fully saturated rings. The van der Waals surface area contributed by atoms with E-state index in [-0.39, 0.29) is 0 Å². The Morgan fingerprint density at radius 1 is 0.973 bits per heavy atom. The van der Waals surface area contributed by atoms with Crippen LogP contribution in [0.5, 0.6) is 0 Å². The van der Waals surface area contributed by atoms with E-state index in [0.29, 0.717) is 0 Å². The van der Waals surface area contributed by atoms with Gasteiger partial charge in [-0.3, -0.25) is 14.5 Å². The van der Waals surface area contributed by atoms with Gasteiger partial charge in [-0.25, -0.2) is 9.59 Å². The molecular formula is C22H28F6N4O5. The van der Waals surface area contributed by atoms with Crippen molar-refractivity contribution in [2.45, 2.75) is 38.8 Å². The summed E-state index contributed by atoms with van der Waals surface area (Å²) in [5.74, 6) is -1.74. The van der Waals surface area contributed by atoms with Gasteiger partial charge in [0.15, 0.2) is 0 Å². The van der Waals surface area contributed by atoms with Gasteiger partial charge in [0.05, 0.1) is 12.7 Å². The number of carboxylic acid groups (broad SMARTS) is 2. The normalized spacial score (nSPS) is 20.3. The molecule has 15 heteroatoms. The molecule has 4 rings (SSSR count). The first-order chi connectivity index (χ1) is 17.0. The van der Waals surface area contributed by atoms with Crippen LogP contribution >= 0.6 is 0 Å². The van der Waals surface area contributed by atoms with E-state index in [4.69, 9.17) is 24.2 Å². The molecular weight excluding hydrogens is 514 g/mol. The van der Waals surface area contributed by atoms with Crippen LogP contribution in [0.2, 0.25) is 0 Å². The van der Waals surface area contributed by atoms with Crippen LogP contribution in [0.4, 0.5) is 26.3 Å². The van der Waals surface area contributed by atoms with Gasteiger partial charge in [0, 0.05) is 45.0 Å². The van der Waals surface area contributed by atoms with Crippen LogP contribution in [0.3, 0.4) is 0 Å². The first-order valence-corrected chi connectivity index (χ1v) is 11.1. The highest BCUT2D eigenvalue weighted by Gasteiger charge is 2.39.